The van der Waals surface area contributed by atoms with Crippen LogP contribution in [0.1, 0.15) is 11.9 Å². The van der Waals surface area contributed by atoms with E-state index in [0.29, 0.717) is 12.4 Å². The van der Waals surface area contributed by atoms with Gasteiger partial charge >= 0.3 is 0 Å². The Morgan fingerprint density at radius 1 is 1.25 bits per heavy atom. The molecule has 2 rings (SSSR count). The highest BCUT2D eigenvalue weighted by atomic mass is 16.7. The van der Waals surface area contributed by atoms with Crippen LogP contribution in [0.25, 0.3) is 0 Å². The third kappa shape index (κ3) is 1.34. The lowest BCUT2D eigenvalue weighted by molar-refractivity contribution is -0.0339. The standard InChI is InChI=1S/C10H10O2/c1-8-7-11-10(12-8)9-5-3-2-4-6-9/h2-6,10H,1,7H2/t10-/m1/s1. The van der Waals surface area contributed by atoms with Gasteiger partial charge in [-0.05, 0) is 0 Å². The maximum atomic E-state index is 5.33. The van der Waals surface area contributed by atoms with E-state index in [4.69, 9.17) is 9.47 Å². The predicted molar refractivity (Wildman–Crippen MR) is 45.4 cm³/mol. The summed E-state index contributed by atoms with van der Waals surface area (Å²) in [6.07, 6.45) is -0.251. The molecule has 0 N–H and O–H groups in total. The van der Waals surface area contributed by atoms with Crippen molar-refractivity contribution in [3.8, 4) is 0 Å². The molecule has 0 aliphatic carbocycles. The molecular formula is C10H10O2. The van der Waals surface area contributed by atoms with Crippen molar-refractivity contribution in [3.05, 3.63) is 48.2 Å². The highest BCUT2D eigenvalue weighted by molar-refractivity contribution is 5.17. The molecule has 0 bridgehead atoms. The van der Waals surface area contributed by atoms with Crippen LogP contribution in [-0.2, 0) is 9.47 Å². The van der Waals surface area contributed by atoms with E-state index in [-0.39, 0.29) is 6.29 Å². The lowest BCUT2D eigenvalue weighted by Crippen LogP contribution is -1.96. The molecule has 0 amide bonds. The topological polar surface area (TPSA) is 18.5 Å². The molecular weight excluding hydrogens is 152 g/mol. The van der Waals surface area contributed by atoms with Gasteiger partial charge in [0.2, 0.25) is 6.29 Å². The monoisotopic (exact) mass is 162 g/mol. The van der Waals surface area contributed by atoms with Crippen molar-refractivity contribution in [2.75, 3.05) is 6.61 Å². The van der Waals surface area contributed by atoms with Crippen LogP contribution in [0, 0.1) is 0 Å². The molecule has 1 aliphatic rings. The van der Waals surface area contributed by atoms with Gasteiger partial charge in [0, 0.05) is 5.56 Å². The number of rotatable bonds is 1. The minimum Gasteiger partial charge on any atom is -0.463 e. The van der Waals surface area contributed by atoms with E-state index in [1.807, 2.05) is 30.3 Å². The van der Waals surface area contributed by atoms with Gasteiger partial charge in [0.15, 0.2) is 0 Å². The third-order valence-corrected chi connectivity index (χ3v) is 1.74. The van der Waals surface area contributed by atoms with E-state index in [2.05, 4.69) is 6.58 Å². The van der Waals surface area contributed by atoms with Crippen LogP contribution in [0.15, 0.2) is 42.7 Å². The van der Waals surface area contributed by atoms with Crippen molar-refractivity contribution in [2.45, 2.75) is 6.29 Å². The van der Waals surface area contributed by atoms with Crippen molar-refractivity contribution in [2.24, 2.45) is 0 Å². The summed E-state index contributed by atoms with van der Waals surface area (Å²) in [5.74, 6) is 0.698. The Kier molecular flexibility index (Phi) is 1.84. The maximum absolute atomic E-state index is 5.33. The normalized spacial score (nSPS) is 22.3. The van der Waals surface area contributed by atoms with Gasteiger partial charge < -0.3 is 9.47 Å². The quantitative estimate of drug-likeness (QED) is 0.630. The summed E-state index contributed by atoms with van der Waals surface area (Å²) in [5, 5.41) is 0. The average molecular weight is 162 g/mol. The highest BCUT2D eigenvalue weighted by Gasteiger charge is 2.20. The van der Waals surface area contributed by atoms with Crippen LogP contribution < -0.4 is 0 Å². The second kappa shape index (κ2) is 2.99. The Morgan fingerprint density at radius 2 is 2.00 bits per heavy atom. The zero-order valence-corrected chi connectivity index (χ0v) is 6.69. The average Bonchev–Trinajstić information content (AvgIpc) is 2.54. The summed E-state index contributed by atoms with van der Waals surface area (Å²) < 4.78 is 10.7. The molecule has 1 aliphatic heterocycles. The van der Waals surface area contributed by atoms with Crippen LogP contribution in [0.2, 0.25) is 0 Å². The second-order valence-corrected chi connectivity index (χ2v) is 2.71. The fraction of sp³-hybridized carbons (Fsp3) is 0.200. The maximum Gasteiger partial charge on any atom is 0.226 e. The predicted octanol–water partition coefficient (Wildman–Crippen LogP) is 2.25. The molecule has 1 aromatic rings. The number of hydrogen-bond acceptors (Lipinski definition) is 2. The van der Waals surface area contributed by atoms with Gasteiger partial charge in [0.25, 0.3) is 0 Å². The summed E-state index contributed by atoms with van der Waals surface area (Å²) in [4.78, 5) is 0. The number of benzene rings is 1. The number of ether oxygens (including phenoxy) is 2. The molecule has 0 unspecified atom stereocenters. The first kappa shape index (κ1) is 7.37. The van der Waals surface area contributed by atoms with E-state index in [1.165, 1.54) is 0 Å². The lowest BCUT2D eigenvalue weighted by Gasteiger charge is -2.08. The fourth-order valence-corrected chi connectivity index (χ4v) is 1.16. The van der Waals surface area contributed by atoms with E-state index < -0.39 is 0 Å². The summed E-state index contributed by atoms with van der Waals surface area (Å²) in [6, 6.07) is 9.84. The highest BCUT2D eigenvalue weighted by Crippen LogP contribution is 2.27. The van der Waals surface area contributed by atoms with Gasteiger partial charge in [-0.1, -0.05) is 36.9 Å². The van der Waals surface area contributed by atoms with Crippen LogP contribution in [-0.4, -0.2) is 6.61 Å². The first-order valence-corrected chi connectivity index (χ1v) is 3.87. The SMILES string of the molecule is C=C1CO[C@@H](c2ccccc2)O1. The Labute approximate surface area is 71.4 Å². The van der Waals surface area contributed by atoms with Crippen LogP contribution in [0.5, 0.6) is 0 Å². The van der Waals surface area contributed by atoms with Gasteiger partial charge in [-0.3, -0.25) is 0 Å². The summed E-state index contributed by atoms with van der Waals surface area (Å²) in [7, 11) is 0. The minimum atomic E-state index is -0.251. The minimum absolute atomic E-state index is 0.251. The van der Waals surface area contributed by atoms with E-state index in [1.54, 1.807) is 0 Å². The molecule has 1 saturated heterocycles. The van der Waals surface area contributed by atoms with E-state index in [9.17, 15) is 0 Å². The van der Waals surface area contributed by atoms with Gasteiger partial charge in [0.05, 0.1) is 0 Å². The Morgan fingerprint density at radius 3 is 2.58 bits per heavy atom. The molecule has 2 nitrogen and oxygen atoms in total. The van der Waals surface area contributed by atoms with Crippen LogP contribution >= 0.6 is 0 Å². The van der Waals surface area contributed by atoms with Crippen molar-refractivity contribution in [3.63, 3.8) is 0 Å². The molecule has 0 spiro atoms. The summed E-state index contributed by atoms with van der Waals surface area (Å²) in [5.41, 5.74) is 1.04. The first-order valence-electron chi connectivity index (χ1n) is 3.87. The zero-order chi connectivity index (χ0) is 8.39. The van der Waals surface area contributed by atoms with E-state index in [0.717, 1.165) is 5.56 Å². The van der Waals surface area contributed by atoms with Gasteiger partial charge in [-0.25, -0.2) is 0 Å². The fourth-order valence-electron chi connectivity index (χ4n) is 1.16. The molecule has 0 radical (unpaired) electrons. The Balaban J connectivity index is 2.16. The summed E-state index contributed by atoms with van der Waals surface area (Å²) >= 11 is 0. The molecule has 2 heteroatoms. The van der Waals surface area contributed by atoms with Crippen LogP contribution in [0.3, 0.4) is 0 Å². The molecule has 12 heavy (non-hydrogen) atoms. The molecule has 0 saturated carbocycles. The molecule has 1 fully saturated rings. The largest absolute Gasteiger partial charge is 0.463 e. The molecule has 62 valence electrons. The zero-order valence-electron chi connectivity index (χ0n) is 6.69. The van der Waals surface area contributed by atoms with Gasteiger partial charge in [-0.2, -0.15) is 0 Å². The smallest absolute Gasteiger partial charge is 0.226 e. The molecule has 1 heterocycles. The van der Waals surface area contributed by atoms with Crippen molar-refractivity contribution < 1.29 is 9.47 Å². The molecule has 1 aromatic carbocycles. The molecule has 1 atom stereocenters. The second-order valence-electron chi connectivity index (χ2n) is 2.71. The van der Waals surface area contributed by atoms with Crippen molar-refractivity contribution in [1.29, 1.82) is 0 Å². The van der Waals surface area contributed by atoms with Gasteiger partial charge in [-0.15, -0.1) is 0 Å². The van der Waals surface area contributed by atoms with Crippen molar-refractivity contribution in [1.82, 2.24) is 0 Å². The van der Waals surface area contributed by atoms with Gasteiger partial charge in [0.1, 0.15) is 12.4 Å². The number of hydrogen-bond donors (Lipinski definition) is 0. The van der Waals surface area contributed by atoms with Crippen molar-refractivity contribution >= 4 is 0 Å². The third-order valence-electron chi connectivity index (χ3n) is 1.74. The Bertz CT molecular complexity index is 279. The Hall–Kier alpha value is -1.28. The van der Waals surface area contributed by atoms with Crippen LogP contribution in [0.4, 0.5) is 0 Å². The summed E-state index contributed by atoms with van der Waals surface area (Å²) in [6.45, 7) is 4.18. The van der Waals surface area contributed by atoms with E-state index >= 15 is 0 Å². The molecule has 0 aromatic heterocycles. The lowest BCUT2D eigenvalue weighted by atomic mass is 10.2. The first-order chi connectivity index (χ1) is 5.86.